The highest BCUT2D eigenvalue weighted by Crippen LogP contribution is 2.28. The van der Waals surface area contributed by atoms with Crippen LogP contribution in [-0.4, -0.2) is 17.1 Å². The molecular weight excluding hydrogens is 166 g/mol. The first-order valence-electron chi connectivity index (χ1n) is 4.12. The Kier molecular flexibility index (Phi) is 2.40. The second-order valence-electron chi connectivity index (χ2n) is 3.90. The Balaban J connectivity index is 3.22. The van der Waals surface area contributed by atoms with Crippen LogP contribution in [0.3, 0.4) is 0 Å². The topological polar surface area (TPSA) is 61.0 Å². The van der Waals surface area contributed by atoms with Gasteiger partial charge < -0.3 is 10.5 Å². The van der Waals surface area contributed by atoms with Gasteiger partial charge in [-0.05, 0) is 5.41 Å². The van der Waals surface area contributed by atoms with Crippen LogP contribution in [0.25, 0.3) is 0 Å². The molecule has 0 unspecified atom stereocenters. The predicted octanol–water partition coefficient (Wildman–Crippen LogP) is 1.36. The molecule has 1 rings (SSSR count). The summed E-state index contributed by atoms with van der Waals surface area (Å²) in [4.78, 5) is 7.94. The summed E-state index contributed by atoms with van der Waals surface area (Å²) in [5.74, 6) is 0.796. The number of methoxy groups -OCH3 is 1. The molecule has 1 aromatic heterocycles. The monoisotopic (exact) mass is 181 g/mol. The molecule has 0 radical (unpaired) electrons. The third-order valence-corrected chi connectivity index (χ3v) is 1.77. The van der Waals surface area contributed by atoms with Crippen molar-refractivity contribution in [3.05, 3.63) is 11.8 Å². The van der Waals surface area contributed by atoms with Gasteiger partial charge in [-0.25, -0.2) is 4.98 Å². The van der Waals surface area contributed by atoms with Crippen molar-refractivity contribution >= 4 is 5.95 Å². The van der Waals surface area contributed by atoms with Gasteiger partial charge in [-0.15, -0.1) is 0 Å². The maximum absolute atomic E-state index is 5.44. The van der Waals surface area contributed by atoms with Gasteiger partial charge in [0, 0.05) is 11.8 Å². The summed E-state index contributed by atoms with van der Waals surface area (Å²) >= 11 is 0. The molecule has 0 saturated carbocycles. The number of ether oxygens (including phenoxy) is 1. The van der Waals surface area contributed by atoms with Gasteiger partial charge in [0.2, 0.25) is 11.8 Å². The first kappa shape index (κ1) is 9.77. The van der Waals surface area contributed by atoms with Gasteiger partial charge >= 0.3 is 0 Å². The maximum Gasteiger partial charge on any atom is 0.223 e. The van der Waals surface area contributed by atoms with Crippen LogP contribution < -0.4 is 10.5 Å². The number of aromatic nitrogens is 2. The molecule has 0 fully saturated rings. The highest BCUT2D eigenvalue weighted by molar-refractivity contribution is 5.34. The Bertz CT molecular complexity index is 304. The average Bonchev–Trinajstić information content (AvgIpc) is 2.01. The molecule has 72 valence electrons. The van der Waals surface area contributed by atoms with E-state index in [9.17, 15) is 0 Å². The number of rotatable bonds is 1. The third-order valence-electron chi connectivity index (χ3n) is 1.77. The normalized spacial score (nSPS) is 11.4. The van der Waals surface area contributed by atoms with E-state index in [0.29, 0.717) is 5.88 Å². The van der Waals surface area contributed by atoms with Gasteiger partial charge in [-0.2, -0.15) is 4.98 Å². The van der Waals surface area contributed by atoms with Crippen LogP contribution in [0.1, 0.15) is 26.3 Å². The zero-order valence-corrected chi connectivity index (χ0v) is 8.46. The lowest BCUT2D eigenvalue weighted by molar-refractivity contribution is 0.380. The molecule has 0 aliphatic heterocycles. The van der Waals surface area contributed by atoms with Gasteiger partial charge in [0.25, 0.3) is 0 Å². The van der Waals surface area contributed by atoms with Crippen molar-refractivity contribution in [3.8, 4) is 5.88 Å². The van der Waals surface area contributed by atoms with E-state index in [1.54, 1.807) is 13.3 Å². The van der Waals surface area contributed by atoms with Crippen molar-refractivity contribution < 1.29 is 4.74 Å². The fourth-order valence-electron chi connectivity index (χ4n) is 1.05. The van der Waals surface area contributed by atoms with E-state index in [-0.39, 0.29) is 11.4 Å². The highest BCUT2D eigenvalue weighted by atomic mass is 16.5. The second kappa shape index (κ2) is 3.20. The molecule has 1 aromatic rings. The van der Waals surface area contributed by atoms with Gasteiger partial charge in [0.15, 0.2) is 0 Å². The molecule has 1 heterocycles. The second-order valence-corrected chi connectivity index (χ2v) is 3.90. The molecule has 0 aromatic carbocycles. The van der Waals surface area contributed by atoms with Crippen LogP contribution in [0.2, 0.25) is 0 Å². The van der Waals surface area contributed by atoms with E-state index in [4.69, 9.17) is 10.5 Å². The molecule has 0 saturated heterocycles. The van der Waals surface area contributed by atoms with Crippen LogP contribution >= 0.6 is 0 Å². The summed E-state index contributed by atoms with van der Waals surface area (Å²) in [6, 6.07) is 0. The molecule has 0 aliphatic rings. The van der Waals surface area contributed by atoms with Crippen LogP contribution in [0.5, 0.6) is 5.88 Å². The molecule has 0 amide bonds. The first-order chi connectivity index (χ1) is 5.95. The molecule has 4 heteroatoms. The molecule has 0 aliphatic carbocycles. The van der Waals surface area contributed by atoms with Crippen molar-refractivity contribution in [1.82, 2.24) is 9.97 Å². The molecule has 0 spiro atoms. The van der Waals surface area contributed by atoms with Crippen molar-refractivity contribution in [2.45, 2.75) is 26.2 Å². The third kappa shape index (κ3) is 2.08. The van der Waals surface area contributed by atoms with Crippen LogP contribution in [0.4, 0.5) is 5.95 Å². The lowest BCUT2D eigenvalue weighted by Crippen LogP contribution is -2.15. The Labute approximate surface area is 78.1 Å². The zero-order valence-electron chi connectivity index (χ0n) is 8.46. The summed E-state index contributed by atoms with van der Waals surface area (Å²) in [5.41, 5.74) is 6.38. The maximum atomic E-state index is 5.44. The number of nitrogens with two attached hydrogens (primary N) is 1. The van der Waals surface area contributed by atoms with Crippen molar-refractivity contribution in [2.75, 3.05) is 12.8 Å². The fourth-order valence-corrected chi connectivity index (χ4v) is 1.05. The van der Waals surface area contributed by atoms with E-state index in [1.165, 1.54) is 0 Å². The van der Waals surface area contributed by atoms with Gasteiger partial charge in [-0.1, -0.05) is 20.8 Å². The summed E-state index contributed by atoms with van der Waals surface area (Å²) in [6.07, 6.45) is 1.71. The molecule has 2 N–H and O–H groups in total. The predicted molar refractivity (Wildman–Crippen MR) is 51.7 cm³/mol. The van der Waals surface area contributed by atoms with E-state index in [2.05, 4.69) is 30.7 Å². The minimum atomic E-state index is -0.0287. The van der Waals surface area contributed by atoms with Gasteiger partial charge in [0.05, 0.1) is 7.11 Å². The van der Waals surface area contributed by atoms with Crippen LogP contribution in [0, 0.1) is 0 Å². The quantitative estimate of drug-likeness (QED) is 0.710. The molecule has 0 bridgehead atoms. The largest absolute Gasteiger partial charge is 0.481 e. The van der Waals surface area contributed by atoms with E-state index < -0.39 is 0 Å². The van der Waals surface area contributed by atoms with Gasteiger partial charge in [0.1, 0.15) is 0 Å². The summed E-state index contributed by atoms with van der Waals surface area (Å²) in [7, 11) is 1.58. The lowest BCUT2D eigenvalue weighted by atomic mass is 9.89. The van der Waals surface area contributed by atoms with Gasteiger partial charge in [-0.3, -0.25) is 0 Å². The number of nitrogen functional groups attached to an aromatic ring is 1. The minimum Gasteiger partial charge on any atom is -0.481 e. The Morgan fingerprint density at radius 1 is 1.38 bits per heavy atom. The summed E-state index contributed by atoms with van der Waals surface area (Å²) < 4.78 is 5.12. The highest BCUT2D eigenvalue weighted by Gasteiger charge is 2.20. The molecular formula is C9H15N3O. The average molecular weight is 181 g/mol. The number of hydrogen-bond donors (Lipinski definition) is 1. The minimum absolute atomic E-state index is 0.0287. The van der Waals surface area contributed by atoms with Crippen LogP contribution in [-0.2, 0) is 5.41 Å². The fraction of sp³-hybridized carbons (Fsp3) is 0.556. The number of nitrogens with zero attached hydrogens (tertiary/aromatic N) is 2. The molecule has 4 nitrogen and oxygen atoms in total. The van der Waals surface area contributed by atoms with E-state index in [0.717, 1.165) is 5.56 Å². The van der Waals surface area contributed by atoms with Crippen molar-refractivity contribution in [3.63, 3.8) is 0 Å². The summed E-state index contributed by atoms with van der Waals surface area (Å²) in [6.45, 7) is 6.22. The number of anilines is 1. The van der Waals surface area contributed by atoms with Crippen molar-refractivity contribution in [2.24, 2.45) is 0 Å². The van der Waals surface area contributed by atoms with Crippen molar-refractivity contribution in [1.29, 1.82) is 0 Å². The standard InChI is InChI=1S/C9H15N3O/c1-9(2,3)6-5-11-8(10)12-7(6)13-4/h5H,1-4H3,(H2,10,11,12). The zero-order chi connectivity index (χ0) is 10.1. The number of hydrogen-bond acceptors (Lipinski definition) is 4. The smallest absolute Gasteiger partial charge is 0.223 e. The Morgan fingerprint density at radius 3 is 2.46 bits per heavy atom. The molecule has 13 heavy (non-hydrogen) atoms. The first-order valence-corrected chi connectivity index (χ1v) is 4.12. The van der Waals surface area contributed by atoms with E-state index >= 15 is 0 Å². The Hall–Kier alpha value is -1.32. The summed E-state index contributed by atoms with van der Waals surface area (Å²) in [5, 5.41) is 0. The van der Waals surface area contributed by atoms with Crippen LogP contribution in [0.15, 0.2) is 6.20 Å². The lowest BCUT2D eigenvalue weighted by Gasteiger charge is -2.20. The SMILES string of the molecule is COc1nc(N)ncc1C(C)(C)C. The molecule has 0 atom stereocenters. The van der Waals surface area contributed by atoms with E-state index in [1.807, 2.05) is 0 Å². The Morgan fingerprint density at radius 2 is 2.00 bits per heavy atom.